The predicted octanol–water partition coefficient (Wildman–Crippen LogP) is 1.75. The molecule has 1 rings (SSSR count). The minimum atomic E-state index is -1.44. The maximum Gasteiger partial charge on any atom is 0.200 e. The Bertz CT molecular complexity index is 349. The molecule has 1 N–H and O–H groups in total. The Labute approximate surface area is 81.7 Å². The van der Waals surface area contributed by atoms with Crippen LogP contribution in [0.25, 0.3) is 0 Å². The highest BCUT2D eigenvalue weighted by Gasteiger charge is 2.27. The van der Waals surface area contributed by atoms with Crippen LogP contribution in [0.1, 0.15) is 29.4 Å². The van der Waals surface area contributed by atoms with Crippen LogP contribution in [0.2, 0.25) is 0 Å². The van der Waals surface area contributed by atoms with Crippen molar-refractivity contribution in [2.75, 3.05) is 0 Å². The second kappa shape index (κ2) is 3.44. The summed E-state index contributed by atoms with van der Waals surface area (Å²) in [4.78, 5) is 5.29. The summed E-state index contributed by atoms with van der Waals surface area (Å²) in [5.41, 5.74) is -0.474. The molecule has 0 bridgehead atoms. The van der Waals surface area contributed by atoms with Gasteiger partial charge in [0.15, 0.2) is 5.60 Å². The van der Waals surface area contributed by atoms with E-state index in [1.807, 2.05) is 19.9 Å². The summed E-state index contributed by atoms with van der Waals surface area (Å²) in [6, 6.07) is 1.83. The first-order chi connectivity index (χ1) is 6.01. The van der Waals surface area contributed by atoms with Crippen molar-refractivity contribution >= 4 is 11.3 Å². The minimum Gasteiger partial charge on any atom is -0.370 e. The molecule has 1 heterocycles. The van der Waals surface area contributed by atoms with Gasteiger partial charge in [-0.05, 0) is 20.3 Å². The molecule has 1 aromatic heterocycles. The van der Waals surface area contributed by atoms with Crippen molar-refractivity contribution in [3.8, 4) is 6.07 Å². The van der Waals surface area contributed by atoms with E-state index in [-0.39, 0.29) is 0 Å². The molecule has 0 radical (unpaired) electrons. The van der Waals surface area contributed by atoms with Crippen LogP contribution in [0.5, 0.6) is 0 Å². The number of thiazole rings is 1. The molecule has 4 heteroatoms. The van der Waals surface area contributed by atoms with Crippen LogP contribution in [-0.4, -0.2) is 10.1 Å². The third kappa shape index (κ3) is 1.87. The molecular weight excluding hydrogens is 184 g/mol. The van der Waals surface area contributed by atoms with Gasteiger partial charge in [0.1, 0.15) is 11.1 Å². The Morgan fingerprint density at radius 1 is 1.69 bits per heavy atom. The zero-order valence-corrected chi connectivity index (χ0v) is 8.77. The number of aromatic nitrogens is 1. The predicted molar refractivity (Wildman–Crippen MR) is 51.4 cm³/mol. The normalized spacial score (nSPS) is 15.0. The Hall–Kier alpha value is -0.920. The maximum absolute atomic E-state index is 9.61. The molecule has 0 aliphatic carbocycles. The molecule has 1 unspecified atom stereocenters. The van der Waals surface area contributed by atoms with Crippen LogP contribution in [-0.2, 0) is 12.0 Å². The highest BCUT2D eigenvalue weighted by Crippen LogP contribution is 2.27. The molecule has 1 aromatic rings. The second-order valence-corrected chi connectivity index (χ2v) is 4.26. The highest BCUT2D eigenvalue weighted by molar-refractivity contribution is 7.11. The van der Waals surface area contributed by atoms with E-state index in [0.29, 0.717) is 5.01 Å². The Balaban J connectivity index is 3.12. The number of nitriles is 1. The van der Waals surface area contributed by atoms with Crippen molar-refractivity contribution < 1.29 is 5.11 Å². The fourth-order valence-electron chi connectivity index (χ4n) is 1.01. The topological polar surface area (TPSA) is 56.9 Å². The first kappa shape index (κ1) is 10.2. The van der Waals surface area contributed by atoms with Gasteiger partial charge in [-0.25, -0.2) is 4.98 Å². The fraction of sp³-hybridized carbons (Fsp3) is 0.556. The molecule has 0 saturated carbocycles. The standard InChI is InChI=1S/C9H12N2OS/c1-4-7-6(2)13-8(11-7)9(3,12)5-10/h12H,4H2,1-3H3. The number of hydrogen-bond acceptors (Lipinski definition) is 4. The largest absolute Gasteiger partial charge is 0.370 e. The lowest BCUT2D eigenvalue weighted by Crippen LogP contribution is -2.17. The molecular formula is C9H12N2OS. The first-order valence-electron chi connectivity index (χ1n) is 4.11. The molecule has 0 saturated heterocycles. The monoisotopic (exact) mass is 196 g/mol. The van der Waals surface area contributed by atoms with Gasteiger partial charge in [-0.1, -0.05) is 6.92 Å². The molecule has 3 nitrogen and oxygen atoms in total. The summed E-state index contributed by atoms with van der Waals surface area (Å²) in [7, 11) is 0. The molecule has 0 aliphatic rings. The van der Waals surface area contributed by atoms with Gasteiger partial charge in [0.2, 0.25) is 0 Å². The molecule has 0 aliphatic heterocycles. The van der Waals surface area contributed by atoms with Gasteiger partial charge >= 0.3 is 0 Å². The van der Waals surface area contributed by atoms with Crippen molar-refractivity contribution in [1.82, 2.24) is 4.98 Å². The van der Waals surface area contributed by atoms with Crippen LogP contribution in [0.4, 0.5) is 0 Å². The van der Waals surface area contributed by atoms with E-state index in [0.717, 1.165) is 17.0 Å². The average molecular weight is 196 g/mol. The Morgan fingerprint density at radius 3 is 2.69 bits per heavy atom. The van der Waals surface area contributed by atoms with Gasteiger partial charge in [0.05, 0.1) is 5.69 Å². The number of aryl methyl sites for hydroxylation is 2. The quantitative estimate of drug-likeness (QED) is 0.733. The SMILES string of the molecule is CCc1nc(C(C)(O)C#N)sc1C. The van der Waals surface area contributed by atoms with Crippen molar-refractivity contribution in [3.63, 3.8) is 0 Å². The highest BCUT2D eigenvalue weighted by atomic mass is 32.1. The zero-order chi connectivity index (χ0) is 10.1. The third-order valence-corrected chi connectivity index (χ3v) is 3.09. The van der Waals surface area contributed by atoms with Gasteiger partial charge in [-0.2, -0.15) is 5.26 Å². The van der Waals surface area contributed by atoms with E-state index in [9.17, 15) is 5.11 Å². The van der Waals surface area contributed by atoms with Crippen molar-refractivity contribution in [2.45, 2.75) is 32.8 Å². The van der Waals surface area contributed by atoms with E-state index in [1.165, 1.54) is 18.3 Å². The average Bonchev–Trinajstić information content (AvgIpc) is 2.47. The number of rotatable bonds is 2. The van der Waals surface area contributed by atoms with Crippen LogP contribution in [0.3, 0.4) is 0 Å². The van der Waals surface area contributed by atoms with Gasteiger partial charge in [0.25, 0.3) is 0 Å². The summed E-state index contributed by atoms with van der Waals surface area (Å²) in [6.45, 7) is 5.42. The summed E-state index contributed by atoms with van der Waals surface area (Å²) in [5.74, 6) is 0. The van der Waals surface area contributed by atoms with Gasteiger partial charge in [0, 0.05) is 4.88 Å². The van der Waals surface area contributed by atoms with E-state index in [1.54, 1.807) is 0 Å². The van der Waals surface area contributed by atoms with Gasteiger partial charge < -0.3 is 5.11 Å². The van der Waals surface area contributed by atoms with Gasteiger partial charge in [-0.15, -0.1) is 11.3 Å². The molecule has 0 spiro atoms. The number of nitrogens with zero attached hydrogens (tertiary/aromatic N) is 2. The summed E-state index contributed by atoms with van der Waals surface area (Å²) < 4.78 is 0. The van der Waals surface area contributed by atoms with Crippen molar-refractivity contribution in [2.24, 2.45) is 0 Å². The van der Waals surface area contributed by atoms with E-state index >= 15 is 0 Å². The molecule has 0 amide bonds. The molecule has 1 atom stereocenters. The summed E-state index contributed by atoms with van der Waals surface area (Å²) >= 11 is 1.39. The van der Waals surface area contributed by atoms with E-state index in [2.05, 4.69) is 4.98 Å². The van der Waals surface area contributed by atoms with Crippen LogP contribution in [0.15, 0.2) is 0 Å². The van der Waals surface area contributed by atoms with Crippen LogP contribution >= 0.6 is 11.3 Å². The lowest BCUT2D eigenvalue weighted by Gasteiger charge is -2.08. The lowest BCUT2D eigenvalue weighted by atomic mass is 10.1. The van der Waals surface area contributed by atoms with Gasteiger partial charge in [-0.3, -0.25) is 0 Å². The molecule has 70 valence electrons. The van der Waals surface area contributed by atoms with E-state index < -0.39 is 5.60 Å². The second-order valence-electron chi connectivity index (χ2n) is 3.06. The summed E-state index contributed by atoms with van der Waals surface area (Å²) in [5, 5.41) is 18.8. The van der Waals surface area contributed by atoms with Crippen molar-refractivity contribution in [1.29, 1.82) is 5.26 Å². The van der Waals surface area contributed by atoms with Crippen molar-refractivity contribution in [3.05, 3.63) is 15.6 Å². The minimum absolute atomic E-state index is 0.490. The molecule has 13 heavy (non-hydrogen) atoms. The lowest BCUT2D eigenvalue weighted by molar-refractivity contribution is 0.119. The summed E-state index contributed by atoms with van der Waals surface area (Å²) in [6.07, 6.45) is 0.837. The van der Waals surface area contributed by atoms with Crippen LogP contribution in [0, 0.1) is 18.3 Å². The number of hydrogen-bond donors (Lipinski definition) is 1. The molecule has 0 aromatic carbocycles. The van der Waals surface area contributed by atoms with E-state index in [4.69, 9.17) is 5.26 Å². The van der Waals surface area contributed by atoms with Crippen LogP contribution < -0.4 is 0 Å². The molecule has 0 fully saturated rings. The fourth-order valence-corrected chi connectivity index (χ4v) is 2.01. The Morgan fingerprint density at radius 2 is 2.31 bits per heavy atom. The smallest absolute Gasteiger partial charge is 0.200 e. The maximum atomic E-state index is 9.61. The Kier molecular flexibility index (Phi) is 2.69. The zero-order valence-electron chi connectivity index (χ0n) is 7.96. The first-order valence-corrected chi connectivity index (χ1v) is 4.93. The third-order valence-electron chi connectivity index (χ3n) is 1.86. The number of aliphatic hydroxyl groups is 1.